The third-order valence-corrected chi connectivity index (χ3v) is 6.09. The van der Waals surface area contributed by atoms with Crippen molar-refractivity contribution in [1.29, 1.82) is 0 Å². The number of rotatable bonds is 6. The average molecular weight is 496 g/mol. The molecular weight excluding hydrogens is 473 g/mol. The third kappa shape index (κ3) is 4.84. The molecule has 0 aliphatic carbocycles. The summed E-state index contributed by atoms with van der Waals surface area (Å²) in [5.74, 6) is 0.808. The summed E-state index contributed by atoms with van der Waals surface area (Å²) in [5, 5.41) is 17.1. The minimum Gasteiger partial charge on any atom is -0.494 e. The van der Waals surface area contributed by atoms with Gasteiger partial charge in [-0.3, -0.25) is 4.79 Å². The molecule has 180 valence electrons. The number of aromatic nitrogens is 3. The molecule has 0 unspecified atom stereocenters. The Balaban J connectivity index is 1.54. The van der Waals surface area contributed by atoms with Crippen molar-refractivity contribution in [2.75, 3.05) is 48.8 Å². The first kappa shape index (κ1) is 22.9. The van der Waals surface area contributed by atoms with Crippen molar-refractivity contribution in [3.05, 3.63) is 69.9 Å². The van der Waals surface area contributed by atoms with Crippen molar-refractivity contribution in [3.63, 3.8) is 0 Å². The number of fused-ring (bicyclic) bond motifs is 1. The van der Waals surface area contributed by atoms with E-state index in [1.54, 1.807) is 13.2 Å². The van der Waals surface area contributed by atoms with Crippen LogP contribution in [0.2, 0.25) is 5.02 Å². The number of methoxy groups -OCH3 is 1. The van der Waals surface area contributed by atoms with E-state index < -0.39 is 11.4 Å². The van der Waals surface area contributed by atoms with E-state index in [-0.39, 0.29) is 5.82 Å². The Labute approximate surface area is 205 Å². The van der Waals surface area contributed by atoms with Gasteiger partial charge in [-0.25, -0.2) is 14.5 Å². The van der Waals surface area contributed by atoms with Crippen molar-refractivity contribution < 1.29 is 9.13 Å². The molecule has 5 rings (SSSR count). The molecule has 1 aliphatic rings. The molecule has 0 amide bonds. The van der Waals surface area contributed by atoms with Crippen molar-refractivity contribution in [2.45, 2.75) is 0 Å². The van der Waals surface area contributed by atoms with Gasteiger partial charge >= 0.3 is 0 Å². The smallest absolute Gasteiger partial charge is 0.275 e. The summed E-state index contributed by atoms with van der Waals surface area (Å²) in [6.45, 7) is 3.65. The first-order valence-electron chi connectivity index (χ1n) is 11.0. The zero-order valence-electron chi connectivity index (χ0n) is 18.9. The quantitative estimate of drug-likeness (QED) is 0.318. The molecule has 0 spiro atoms. The van der Waals surface area contributed by atoms with Gasteiger partial charge in [0.05, 0.1) is 35.1 Å². The highest BCUT2D eigenvalue weighted by Crippen LogP contribution is 2.34. The third-order valence-electron chi connectivity index (χ3n) is 5.76. The summed E-state index contributed by atoms with van der Waals surface area (Å²) >= 11 is 6.21. The van der Waals surface area contributed by atoms with Gasteiger partial charge in [-0.2, -0.15) is 5.10 Å². The first-order chi connectivity index (χ1) is 17.0. The van der Waals surface area contributed by atoms with Gasteiger partial charge in [0.2, 0.25) is 0 Å². The highest BCUT2D eigenvalue weighted by Gasteiger charge is 2.16. The van der Waals surface area contributed by atoms with E-state index in [9.17, 15) is 9.18 Å². The lowest BCUT2D eigenvalue weighted by molar-refractivity contribution is 0.416. The second-order valence-electron chi connectivity index (χ2n) is 8.02. The van der Waals surface area contributed by atoms with E-state index >= 15 is 0 Å². The molecule has 1 fully saturated rings. The van der Waals surface area contributed by atoms with Crippen LogP contribution in [0.15, 0.2) is 53.5 Å². The Hall–Kier alpha value is -3.89. The van der Waals surface area contributed by atoms with Gasteiger partial charge in [0.1, 0.15) is 23.2 Å². The summed E-state index contributed by atoms with van der Waals surface area (Å²) in [5.41, 5.74) is 1.63. The molecule has 0 bridgehead atoms. The molecule has 2 aromatic heterocycles. The molecule has 1 saturated heterocycles. The lowest BCUT2D eigenvalue weighted by atomic mass is 10.2. The normalized spacial score (nSPS) is 13.6. The number of nitrogens with one attached hydrogen (secondary N) is 4. The zero-order valence-corrected chi connectivity index (χ0v) is 19.6. The minimum atomic E-state index is -0.441. The summed E-state index contributed by atoms with van der Waals surface area (Å²) in [4.78, 5) is 19.5. The predicted octanol–water partition coefficient (Wildman–Crippen LogP) is 4.02. The van der Waals surface area contributed by atoms with Crippen LogP contribution < -0.4 is 31.1 Å². The number of pyridine rings is 1. The largest absolute Gasteiger partial charge is 0.494 e. The van der Waals surface area contributed by atoms with E-state index in [0.717, 1.165) is 31.9 Å². The van der Waals surface area contributed by atoms with Crippen LogP contribution in [0.25, 0.3) is 10.8 Å². The molecule has 35 heavy (non-hydrogen) atoms. The summed E-state index contributed by atoms with van der Waals surface area (Å²) in [7, 11) is 1.59. The Morgan fingerprint density at radius 2 is 1.91 bits per heavy atom. The number of H-pyrrole nitrogens is 1. The summed E-state index contributed by atoms with van der Waals surface area (Å²) in [6, 6.07) is 11.5. The number of aromatic amines is 1. The van der Waals surface area contributed by atoms with Crippen LogP contribution in [-0.4, -0.2) is 48.5 Å². The molecule has 0 atom stereocenters. The fraction of sp³-hybridized carbons (Fsp3) is 0.208. The van der Waals surface area contributed by atoms with Crippen molar-refractivity contribution in [1.82, 2.24) is 20.5 Å². The maximum absolute atomic E-state index is 13.8. The summed E-state index contributed by atoms with van der Waals surface area (Å²) in [6.07, 6.45) is 1.52. The van der Waals surface area contributed by atoms with E-state index in [4.69, 9.17) is 16.3 Å². The van der Waals surface area contributed by atoms with Crippen LogP contribution in [0.4, 0.5) is 33.1 Å². The number of piperazine rings is 1. The van der Waals surface area contributed by atoms with E-state index in [1.807, 2.05) is 18.2 Å². The van der Waals surface area contributed by atoms with Gasteiger partial charge < -0.3 is 25.6 Å². The molecule has 1 aliphatic heterocycles. The fourth-order valence-corrected chi connectivity index (χ4v) is 4.20. The monoisotopic (exact) mass is 495 g/mol. The van der Waals surface area contributed by atoms with E-state index in [1.165, 1.54) is 24.4 Å². The van der Waals surface area contributed by atoms with Gasteiger partial charge in [0.15, 0.2) is 0 Å². The maximum atomic E-state index is 13.8. The molecule has 4 aromatic rings. The van der Waals surface area contributed by atoms with Gasteiger partial charge in [-0.05, 0) is 36.4 Å². The van der Waals surface area contributed by atoms with Crippen LogP contribution in [0.5, 0.6) is 5.75 Å². The molecular formula is C24H23ClFN7O2. The minimum absolute atomic E-state index is 0.286. The van der Waals surface area contributed by atoms with Gasteiger partial charge in [-0.15, -0.1) is 0 Å². The van der Waals surface area contributed by atoms with Crippen molar-refractivity contribution in [2.24, 2.45) is 0 Å². The summed E-state index contributed by atoms with van der Waals surface area (Å²) < 4.78 is 19.4. The number of benzene rings is 2. The highest BCUT2D eigenvalue weighted by atomic mass is 35.5. The molecule has 11 heteroatoms. The molecule has 4 N–H and O–H groups in total. The van der Waals surface area contributed by atoms with Gasteiger partial charge in [0, 0.05) is 43.3 Å². The number of ether oxygens (including phenoxy) is 1. The van der Waals surface area contributed by atoms with E-state index in [2.05, 4.69) is 36.0 Å². The average Bonchev–Trinajstić information content (AvgIpc) is 2.87. The lowest BCUT2D eigenvalue weighted by Gasteiger charge is -2.30. The van der Waals surface area contributed by atoms with E-state index in [0.29, 0.717) is 38.7 Å². The second kappa shape index (κ2) is 9.77. The highest BCUT2D eigenvalue weighted by molar-refractivity contribution is 6.33. The molecule has 0 radical (unpaired) electrons. The zero-order chi connectivity index (χ0) is 24.4. The number of hydrogen-bond donors (Lipinski definition) is 4. The lowest BCUT2D eigenvalue weighted by Crippen LogP contribution is -2.43. The Bertz CT molecular complexity index is 1440. The molecule has 0 saturated carbocycles. The Morgan fingerprint density at radius 3 is 2.71 bits per heavy atom. The first-order valence-corrected chi connectivity index (χ1v) is 11.4. The van der Waals surface area contributed by atoms with Crippen LogP contribution in [-0.2, 0) is 0 Å². The van der Waals surface area contributed by atoms with Crippen molar-refractivity contribution in [3.8, 4) is 5.75 Å². The maximum Gasteiger partial charge on any atom is 0.275 e. The van der Waals surface area contributed by atoms with Crippen LogP contribution >= 0.6 is 11.6 Å². The number of halogens is 2. The van der Waals surface area contributed by atoms with Crippen LogP contribution in [0, 0.1) is 5.82 Å². The van der Waals surface area contributed by atoms with Gasteiger partial charge in [0.25, 0.3) is 5.56 Å². The fourth-order valence-electron chi connectivity index (χ4n) is 4.04. The number of nitrogens with zero attached hydrogens (tertiary/aromatic N) is 3. The number of anilines is 5. The number of hydrogen-bond acceptors (Lipinski definition) is 8. The standard InChI is InChI=1S/C24H23ClFN7O2/c1-35-20-12-16(33-8-6-27-7-9-33)3-5-18(20)30-23-22-14(13-28-32-24(22)34)10-21(31-23)29-19-11-15(26)2-4-17(19)25/h2-5,10-13,27H,6-9H2,1H3,(H,32,34)(H2,29,30,31). The Morgan fingerprint density at radius 1 is 1.09 bits per heavy atom. The Kier molecular flexibility index (Phi) is 6.39. The predicted molar refractivity (Wildman–Crippen MR) is 136 cm³/mol. The van der Waals surface area contributed by atoms with Crippen LogP contribution in [0.3, 0.4) is 0 Å². The van der Waals surface area contributed by atoms with Gasteiger partial charge in [-0.1, -0.05) is 11.6 Å². The molecule has 3 heterocycles. The SMILES string of the molecule is COc1cc(N2CCNCC2)ccc1Nc1nc(Nc2cc(F)ccc2Cl)cc2cn[nH]c(=O)c12. The topological polar surface area (TPSA) is 107 Å². The van der Waals surface area contributed by atoms with Crippen molar-refractivity contribution >= 4 is 51.1 Å². The molecule has 9 nitrogen and oxygen atoms in total. The molecule has 2 aromatic carbocycles. The van der Waals surface area contributed by atoms with Crippen LogP contribution in [0.1, 0.15) is 0 Å². The second-order valence-corrected chi connectivity index (χ2v) is 8.42.